The zero-order valence-corrected chi connectivity index (χ0v) is 17.4. The molecule has 1 aliphatic rings. The van der Waals surface area contributed by atoms with Crippen LogP contribution in [0.3, 0.4) is 0 Å². The molecular weight excluding hydrogens is 413 g/mol. The molecule has 1 aromatic carbocycles. The van der Waals surface area contributed by atoms with Gasteiger partial charge in [0.1, 0.15) is 19.0 Å². The van der Waals surface area contributed by atoms with E-state index in [2.05, 4.69) is 6.58 Å². The van der Waals surface area contributed by atoms with Crippen molar-refractivity contribution in [2.24, 2.45) is 0 Å². The fraction of sp³-hybridized carbons (Fsp3) is 0.238. The van der Waals surface area contributed by atoms with Gasteiger partial charge in [0.05, 0.1) is 17.0 Å². The first kappa shape index (κ1) is 21.0. The number of thiazole rings is 1. The van der Waals surface area contributed by atoms with E-state index < -0.39 is 5.97 Å². The summed E-state index contributed by atoms with van der Waals surface area (Å²) in [6, 6.07) is 5.39. The van der Waals surface area contributed by atoms with Gasteiger partial charge >= 0.3 is 5.97 Å². The largest absolute Gasteiger partial charge is 0.493 e. The number of aromatic nitrogens is 1. The van der Waals surface area contributed by atoms with E-state index >= 15 is 0 Å². The number of ether oxygens (including phenoxy) is 2. The molecular formula is C21H20FNO4S2. The van der Waals surface area contributed by atoms with Crippen LogP contribution in [0.4, 0.5) is 4.39 Å². The predicted molar refractivity (Wildman–Crippen MR) is 114 cm³/mol. The van der Waals surface area contributed by atoms with Crippen molar-refractivity contribution < 1.29 is 23.8 Å². The lowest BCUT2D eigenvalue weighted by Crippen LogP contribution is -2.29. The minimum absolute atomic E-state index is 0.108. The molecule has 1 aliphatic carbocycles. The standard InChI is InChI=1S/C21H20FNO4S2/c1-13-19(29-21(28)23(13)11-20(24)25)10-14-7-8-17(26-2)18(9-14)27-12-15-5-3-4-6-16(15)22/h5-10H,1,3-4,11-12H2,2H3,(H,24,25)/b19-10-. The average Bonchev–Trinajstić information content (AvgIpc) is 2.94. The molecule has 152 valence electrons. The fourth-order valence-corrected chi connectivity index (χ4v) is 4.23. The van der Waals surface area contributed by atoms with Crippen molar-refractivity contribution in [2.45, 2.75) is 19.4 Å². The van der Waals surface area contributed by atoms with E-state index in [1.165, 1.54) is 23.0 Å². The van der Waals surface area contributed by atoms with Gasteiger partial charge in [-0.25, -0.2) is 4.39 Å². The van der Waals surface area contributed by atoms with Crippen LogP contribution in [0.1, 0.15) is 18.4 Å². The number of carboxylic acids is 1. The molecule has 0 saturated carbocycles. The third kappa shape index (κ3) is 5.02. The Morgan fingerprint density at radius 1 is 1.38 bits per heavy atom. The molecule has 0 aliphatic heterocycles. The topological polar surface area (TPSA) is 60.7 Å². The number of benzene rings is 1. The lowest BCUT2D eigenvalue weighted by molar-refractivity contribution is -0.137. The van der Waals surface area contributed by atoms with Gasteiger partial charge in [0.2, 0.25) is 0 Å². The van der Waals surface area contributed by atoms with Gasteiger partial charge in [0.15, 0.2) is 15.5 Å². The SMILES string of the molecule is C=c1/c(=C/c2ccc(OC)c(OCC3=CCCC=C3F)c2)sc(=S)n1CC(=O)O. The van der Waals surface area contributed by atoms with Crippen LogP contribution in [0.25, 0.3) is 12.7 Å². The summed E-state index contributed by atoms with van der Waals surface area (Å²) >= 11 is 6.54. The Morgan fingerprint density at radius 2 is 2.14 bits per heavy atom. The number of rotatable bonds is 7. The second-order valence-corrected chi connectivity index (χ2v) is 8.04. The van der Waals surface area contributed by atoms with Crippen molar-refractivity contribution in [3.8, 4) is 11.5 Å². The minimum Gasteiger partial charge on any atom is -0.493 e. The summed E-state index contributed by atoms with van der Waals surface area (Å²) < 4.78 is 27.7. The van der Waals surface area contributed by atoms with Gasteiger partial charge in [0.25, 0.3) is 0 Å². The first-order valence-electron chi connectivity index (χ1n) is 8.87. The Kier molecular flexibility index (Phi) is 6.66. The molecule has 3 rings (SSSR count). The summed E-state index contributed by atoms with van der Waals surface area (Å²) in [6.45, 7) is 3.83. The maximum atomic E-state index is 13.9. The highest BCUT2D eigenvalue weighted by Gasteiger charge is 2.12. The van der Waals surface area contributed by atoms with Crippen molar-refractivity contribution in [1.82, 2.24) is 4.57 Å². The molecule has 1 aromatic heterocycles. The van der Waals surface area contributed by atoms with E-state index in [1.54, 1.807) is 18.2 Å². The van der Waals surface area contributed by atoms with Crippen LogP contribution in [-0.4, -0.2) is 29.4 Å². The minimum atomic E-state index is -0.978. The molecule has 0 atom stereocenters. The van der Waals surface area contributed by atoms with Crippen LogP contribution >= 0.6 is 23.6 Å². The fourth-order valence-electron chi connectivity index (χ4n) is 2.89. The molecule has 5 nitrogen and oxygen atoms in total. The average molecular weight is 434 g/mol. The predicted octanol–water partition coefficient (Wildman–Crippen LogP) is 3.56. The van der Waals surface area contributed by atoms with Crippen LogP contribution in [0.15, 0.2) is 41.8 Å². The Bertz CT molecular complexity index is 1160. The Hall–Kier alpha value is -2.71. The Balaban J connectivity index is 1.91. The molecule has 0 radical (unpaired) electrons. The Morgan fingerprint density at radius 3 is 2.83 bits per heavy atom. The van der Waals surface area contributed by atoms with Crippen molar-refractivity contribution in [3.05, 3.63) is 61.2 Å². The quantitative estimate of drug-likeness (QED) is 0.677. The number of hydrogen-bond donors (Lipinski definition) is 1. The number of allylic oxidation sites excluding steroid dienone is 2. The first-order chi connectivity index (χ1) is 13.9. The maximum absolute atomic E-state index is 13.9. The van der Waals surface area contributed by atoms with Crippen LogP contribution in [0, 0.1) is 3.95 Å². The van der Waals surface area contributed by atoms with Crippen LogP contribution in [-0.2, 0) is 11.3 Å². The summed E-state index contributed by atoms with van der Waals surface area (Å²) in [5.41, 5.74) is 1.33. The summed E-state index contributed by atoms with van der Waals surface area (Å²) in [7, 11) is 1.54. The van der Waals surface area contributed by atoms with Gasteiger partial charge in [-0.15, -0.1) is 11.3 Å². The maximum Gasteiger partial charge on any atom is 0.323 e. The molecule has 0 bridgehead atoms. The van der Waals surface area contributed by atoms with Gasteiger partial charge < -0.3 is 19.1 Å². The van der Waals surface area contributed by atoms with E-state index in [0.29, 0.717) is 32.8 Å². The van der Waals surface area contributed by atoms with E-state index in [4.69, 9.17) is 26.8 Å². The van der Waals surface area contributed by atoms with Crippen molar-refractivity contribution in [1.29, 1.82) is 0 Å². The van der Waals surface area contributed by atoms with E-state index in [-0.39, 0.29) is 19.0 Å². The molecule has 2 aromatic rings. The molecule has 0 spiro atoms. The molecule has 0 fully saturated rings. The highest BCUT2D eigenvalue weighted by Crippen LogP contribution is 2.30. The lowest BCUT2D eigenvalue weighted by atomic mass is 10.1. The van der Waals surface area contributed by atoms with Crippen LogP contribution in [0.2, 0.25) is 0 Å². The number of carbonyl (C=O) groups is 1. The zero-order chi connectivity index (χ0) is 21.0. The third-order valence-corrected chi connectivity index (χ3v) is 5.82. The smallest absolute Gasteiger partial charge is 0.323 e. The monoisotopic (exact) mass is 433 g/mol. The van der Waals surface area contributed by atoms with Crippen LogP contribution in [0.5, 0.6) is 11.5 Å². The van der Waals surface area contributed by atoms with E-state index in [0.717, 1.165) is 16.5 Å². The molecule has 1 N–H and O–H groups in total. The third-order valence-electron chi connectivity index (χ3n) is 4.38. The summed E-state index contributed by atoms with van der Waals surface area (Å²) in [4.78, 5) is 11.0. The molecule has 29 heavy (non-hydrogen) atoms. The van der Waals surface area contributed by atoms with Gasteiger partial charge in [-0.3, -0.25) is 4.79 Å². The summed E-state index contributed by atoms with van der Waals surface area (Å²) in [6.07, 6.45) is 6.75. The van der Waals surface area contributed by atoms with E-state index in [1.807, 2.05) is 18.2 Å². The number of nitrogens with zero attached hydrogens (tertiary/aromatic N) is 1. The van der Waals surface area contributed by atoms with Gasteiger partial charge in [-0.2, -0.15) is 0 Å². The second-order valence-electron chi connectivity index (χ2n) is 6.36. The molecule has 8 heteroatoms. The Labute approximate surface area is 176 Å². The molecule has 0 saturated heterocycles. The molecule has 1 heterocycles. The van der Waals surface area contributed by atoms with Crippen molar-refractivity contribution in [2.75, 3.05) is 13.7 Å². The lowest BCUT2D eigenvalue weighted by Gasteiger charge is -2.14. The normalized spacial score (nSPS) is 14.3. The number of methoxy groups -OCH3 is 1. The highest BCUT2D eigenvalue weighted by molar-refractivity contribution is 7.73. The van der Waals surface area contributed by atoms with Gasteiger partial charge in [-0.05, 0) is 54.9 Å². The number of halogens is 1. The molecule has 0 amide bonds. The van der Waals surface area contributed by atoms with Crippen molar-refractivity contribution >= 4 is 42.2 Å². The number of carboxylic acid groups (broad SMARTS) is 1. The molecule has 0 unspecified atom stereocenters. The summed E-state index contributed by atoms with van der Waals surface area (Å²) in [5, 5.41) is 9.57. The number of hydrogen-bond acceptors (Lipinski definition) is 5. The van der Waals surface area contributed by atoms with Crippen molar-refractivity contribution in [3.63, 3.8) is 0 Å². The summed E-state index contributed by atoms with van der Waals surface area (Å²) in [5.74, 6) is -0.207. The highest BCUT2D eigenvalue weighted by atomic mass is 32.1. The number of aliphatic carboxylic acids is 1. The first-order valence-corrected chi connectivity index (χ1v) is 10.1. The van der Waals surface area contributed by atoms with Crippen LogP contribution < -0.4 is 19.4 Å². The zero-order valence-electron chi connectivity index (χ0n) is 15.8. The van der Waals surface area contributed by atoms with E-state index in [9.17, 15) is 9.18 Å². The second kappa shape index (κ2) is 9.19. The van der Waals surface area contributed by atoms with Gasteiger partial charge in [0, 0.05) is 5.57 Å². The van der Waals surface area contributed by atoms with Gasteiger partial charge in [-0.1, -0.05) is 18.7 Å².